The third-order valence-electron chi connectivity index (χ3n) is 3.34. The molecule has 0 aromatic heterocycles. The van der Waals surface area contributed by atoms with Crippen molar-refractivity contribution >= 4 is 30.7 Å². The van der Waals surface area contributed by atoms with Gasteiger partial charge in [0.25, 0.3) is 0 Å². The maximum absolute atomic E-state index is 12.3. The Hall–Kier alpha value is -1.74. The van der Waals surface area contributed by atoms with E-state index in [-0.39, 0.29) is 25.1 Å². The summed E-state index contributed by atoms with van der Waals surface area (Å²) in [6.45, 7) is 10.8. The highest BCUT2D eigenvalue weighted by Crippen LogP contribution is 2.22. The number of nitrogens with one attached hydrogen (secondary N) is 1. The van der Waals surface area contributed by atoms with Crippen molar-refractivity contribution in [1.29, 1.82) is 0 Å². The molecule has 1 aliphatic rings. The second-order valence-electron chi connectivity index (χ2n) is 8.24. The molecule has 158 valence electrons. The molecule has 1 fully saturated rings. The Labute approximate surface area is 166 Å². The number of nitrogens with zero attached hydrogens (tertiary/aromatic N) is 1. The Balaban J connectivity index is 0.00000676. The summed E-state index contributed by atoms with van der Waals surface area (Å²) in [6, 6.07) is -0.928. The number of rotatable bonds is 5. The molecule has 0 bridgehead atoms. The lowest BCUT2D eigenvalue weighted by molar-refractivity contribution is 0.0280. The molecule has 0 saturated carbocycles. The third kappa shape index (κ3) is 9.14. The average Bonchev–Trinajstić information content (AvgIpc) is 2.75. The summed E-state index contributed by atoms with van der Waals surface area (Å²) >= 11 is 0. The first-order valence-electron chi connectivity index (χ1n) is 8.71. The van der Waals surface area contributed by atoms with E-state index in [1.165, 1.54) is 0 Å². The smallest absolute Gasteiger partial charge is 0.420 e. The lowest BCUT2D eigenvalue weighted by atomic mass is 10.0. The number of amides is 3. The highest BCUT2D eigenvalue weighted by molar-refractivity contribution is 5.89. The molecule has 3 amide bonds. The van der Waals surface area contributed by atoms with Crippen molar-refractivity contribution in [1.82, 2.24) is 10.2 Å². The summed E-state index contributed by atoms with van der Waals surface area (Å²) in [7, 11) is 0. The number of hydrogen-bond acceptors (Lipinski definition) is 7. The van der Waals surface area contributed by atoms with E-state index in [1.807, 2.05) is 0 Å². The summed E-state index contributed by atoms with van der Waals surface area (Å²) < 4.78 is 15.5. The summed E-state index contributed by atoms with van der Waals surface area (Å²) in [5.74, 6) is 0. The van der Waals surface area contributed by atoms with Gasteiger partial charge in [0, 0.05) is 6.04 Å². The third-order valence-corrected chi connectivity index (χ3v) is 3.34. The molecule has 2 atom stereocenters. The van der Waals surface area contributed by atoms with Crippen molar-refractivity contribution in [2.75, 3.05) is 13.2 Å². The number of carbonyl (C=O) groups excluding carboxylic acids is 3. The number of ether oxygens (including phenoxy) is 3. The first-order valence-corrected chi connectivity index (χ1v) is 8.71. The highest BCUT2D eigenvalue weighted by atomic mass is 35.5. The van der Waals surface area contributed by atoms with Crippen LogP contribution in [0.2, 0.25) is 0 Å². The molecule has 1 rings (SSSR count). The zero-order valence-corrected chi connectivity index (χ0v) is 17.7. The van der Waals surface area contributed by atoms with Crippen molar-refractivity contribution in [3.63, 3.8) is 0 Å². The first kappa shape index (κ1) is 25.3. The number of imide groups is 1. The molecule has 0 unspecified atom stereocenters. The zero-order chi connectivity index (χ0) is 20.1. The molecule has 3 N–H and O–H groups in total. The van der Waals surface area contributed by atoms with Gasteiger partial charge in [-0.1, -0.05) is 0 Å². The minimum atomic E-state index is -0.770. The van der Waals surface area contributed by atoms with Crippen molar-refractivity contribution in [3.05, 3.63) is 0 Å². The van der Waals surface area contributed by atoms with E-state index in [4.69, 9.17) is 19.9 Å². The molecular formula is C17H32ClN3O6. The Bertz CT molecular complexity index is 530. The molecule has 27 heavy (non-hydrogen) atoms. The van der Waals surface area contributed by atoms with Gasteiger partial charge in [0.05, 0.1) is 6.04 Å². The summed E-state index contributed by atoms with van der Waals surface area (Å²) in [6.07, 6.45) is -1.35. The van der Waals surface area contributed by atoms with E-state index in [9.17, 15) is 14.4 Å². The Kier molecular flexibility index (Phi) is 9.34. The fourth-order valence-electron chi connectivity index (χ4n) is 2.42. The molecule has 0 aromatic rings. The fraction of sp³-hybridized carbons (Fsp3) is 0.824. The molecule has 0 aromatic carbocycles. The molecule has 0 radical (unpaired) electrons. The minimum Gasteiger partial charge on any atom is -0.447 e. The van der Waals surface area contributed by atoms with Crippen LogP contribution in [-0.4, -0.2) is 59.6 Å². The summed E-state index contributed by atoms with van der Waals surface area (Å²) in [5.41, 5.74) is 4.24. The van der Waals surface area contributed by atoms with Gasteiger partial charge in [0.1, 0.15) is 17.8 Å². The topological polar surface area (TPSA) is 120 Å². The minimum absolute atomic E-state index is 0. The van der Waals surface area contributed by atoms with Crippen LogP contribution in [0, 0.1) is 0 Å². The van der Waals surface area contributed by atoms with Gasteiger partial charge in [-0.05, 0) is 60.9 Å². The van der Waals surface area contributed by atoms with Gasteiger partial charge in [0.2, 0.25) is 0 Å². The van der Waals surface area contributed by atoms with Crippen LogP contribution in [0.15, 0.2) is 0 Å². The molecule has 1 saturated heterocycles. The Morgan fingerprint density at radius 2 is 1.78 bits per heavy atom. The molecule has 0 aliphatic carbocycles. The second kappa shape index (κ2) is 9.98. The van der Waals surface area contributed by atoms with E-state index in [0.717, 1.165) is 4.90 Å². The number of hydrogen-bond donors (Lipinski definition) is 2. The van der Waals surface area contributed by atoms with Crippen LogP contribution in [0.3, 0.4) is 0 Å². The van der Waals surface area contributed by atoms with E-state index in [2.05, 4.69) is 5.32 Å². The molecule has 0 spiro atoms. The van der Waals surface area contributed by atoms with Crippen molar-refractivity contribution in [3.8, 4) is 0 Å². The zero-order valence-electron chi connectivity index (χ0n) is 16.9. The Morgan fingerprint density at radius 3 is 2.26 bits per heavy atom. The summed E-state index contributed by atoms with van der Waals surface area (Å²) in [5, 5.41) is 2.74. The van der Waals surface area contributed by atoms with Crippen LogP contribution in [0.1, 0.15) is 54.4 Å². The number of halogens is 1. The summed E-state index contributed by atoms with van der Waals surface area (Å²) in [4.78, 5) is 37.2. The van der Waals surface area contributed by atoms with E-state index in [0.29, 0.717) is 19.4 Å². The van der Waals surface area contributed by atoms with Crippen LogP contribution >= 0.6 is 12.4 Å². The van der Waals surface area contributed by atoms with E-state index >= 15 is 0 Å². The SMILES string of the molecule is CC(C)(C)OC(=O)N[C@H](CCN)C[C@H]1COC(=O)N1C(=O)OC(C)(C)C.Cl. The van der Waals surface area contributed by atoms with Gasteiger partial charge in [-0.15, -0.1) is 12.4 Å². The maximum atomic E-state index is 12.3. The average molecular weight is 410 g/mol. The van der Waals surface area contributed by atoms with E-state index < -0.39 is 35.5 Å². The monoisotopic (exact) mass is 409 g/mol. The normalized spacial score (nSPS) is 18.3. The first-order chi connectivity index (χ1) is 11.8. The standard InChI is InChI=1S/C17H31N3O6.ClH/c1-16(2,3)25-13(21)19-11(7-8-18)9-12-10-24-14(22)20(12)15(23)26-17(4,5)6;/h11-12H,7-10,18H2,1-6H3,(H,19,21);1H/t11-,12+;/m1./s1. The van der Waals surface area contributed by atoms with E-state index in [1.54, 1.807) is 41.5 Å². The molecule has 10 heteroatoms. The number of carbonyl (C=O) groups is 3. The second-order valence-corrected chi connectivity index (χ2v) is 8.24. The van der Waals surface area contributed by atoms with Crippen molar-refractivity contribution in [2.45, 2.75) is 77.7 Å². The van der Waals surface area contributed by atoms with Crippen molar-refractivity contribution < 1.29 is 28.6 Å². The van der Waals surface area contributed by atoms with Crippen LogP contribution in [0.5, 0.6) is 0 Å². The lowest BCUT2D eigenvalue weighted by Crippen LogP contribution is -2.47. The van der Waals surface area contributed by atoms with Gasteiger partial charge >= 0.3 is 18.3 Å². The van der Waals surface area contributed by atoms with Gasteiger partial charge in [-0.3, -0.25) is 0 Å². The fourth-order valence-corrected chi connectivity index (χ4v) is 2.42. The molecule has 1 aliphatic heterocycles. The van der Waals surface area contributed by atoms with Gasteiger partial charge in [0.15, 0.2) is 0 Å². The largest absolute Gasteiger partial charge is 0.447 e. The predicted molar refractivity (Wildman–Crippen MR) is 102 cm³/mol. The predicted octanol–water partition coefficient (Wildman–Crippen LogP) is 2.80. The van der Waals surface area contributed by atoms with Crippen LogP contribution in [0.25, 0.3) is 0 Å². The van der Waals surface area contributed by atoms with Crippen LogP contribution in [0.4, 0.5) is 14.4 Å². The maximum Gasteiger partial charge on any atom is 0.420 e. The van der Waals surface area contributed by atoms with Gasteiger partial charge in [-0.25, -0.2) is 19.3 Å². The number of cyclic esters (lactones) is 1. The van der Waals surface area contributed by atoms with Gasteiger partial charge < -0.3 is 25.3 Å². The quantitative estimate of drug-likeness (QED) is 0.669. The lowest BCUT2D eigenvalue weighted by Gasteiger charge is -2.28. The molecule has 1 heterocycles. The highest BCUT2D eigenvalue weighted by Gasteiger charge is 2.41. The van der Waals surface area contributed by atoms with Crippen LogP contribution in [-0.2, 0) is 14.2 Å². The van der Waals surface area contributed by atoms with Crippen LogP contribution < -0.4 is 11.1 Å². The molecule has 9 nitrogen and oxygen atoms in total. The van der Waals surface area contributed by atoms with Crippen molar-refractivity contribution in [2.24, 2.45) is 5.73 Å². The van der Waals surface area contributed by atoms with Gasteiger partial charge in [-0.2, -0.15) is 0 Å². The molecular weight excluding hydrogens is 378 g/mol. The Morgan fingerprint density at radius 1 is 1.22 bits per heavy atom. The number of alkyl carbamates (subject to hydrolysis) is 1. The number of nitrogens with two attached hydrogens (primary N) is 1.